The van der Waals surface area contributed by atoms with Crippen molar-refractivity contribution in [3.8, 4) is 11.4 Å². The Morgan fingerprint density at radius 2 is 1.52 bits per heavy atom. The van der Waals surface area contributed by atoms with Gasteiger partial charge in [-0.2, -0.15) is 4.80 Å². The second kappa shape index (κ2) is 11.1. The Balaban J connectivity index is 1.13. The Morgan fingerprint density at radius 1 is 0.774 bits per heavy atom. The maximum Gasteiger partial charge on any atom is 0.204 e. The third kappa shape index (κ3) is 6.42. The highest BCUT2D eigenvalue weighted by Crippen LogP contribution is 2.14. The van der Waals surface area contributed by atoms with Crippen molar-refractivity contribution in [1.29, 1.82) is 0 Å². The summed E-state index contributed by atoms with van der Waals surface area (Å²) < 4.78 is 13.9. The third-order valence-corrected chi connectivity index (χ3v) is 5.85. The molecule has 7 heteroatoms. The summed E-state index contributed by atoms with van der Waals surface area (Å²) in [4.78, 5) is 6.62. The molecular formula is C24H31FN6. The van der Waals surface area contributed by atoms with Gasteiger partial charge in [-0.1, -0.05) is 55.0 Å². The summed E-state index contributed by atoms with van der Waals surface area (Å²) in [5.41, 5.74) is 1.80. The zero-order valence-corrected chi connectivity index (χ0v) is 18.0. The standard InChI is InChI=1S/C24H31FN6/c25-23-13-6-5-12-22(23)20-30-16-9-15-29(18-19-30)14-7-2-8-17-31-27-24(26-28-31)21-10-3-1-4-11-21/h1,3-6,10-13H,2,7-9,14-20H2. The monoisotopic (exact) mass is 422 g/mol. The van der Waals surface area contributed by atoms with E-state index in [2.05, 4.69) is 25.2 Å². The Hall–Kier alpha value is -2.64. The van der Waals surface area contributed by atoms with Crippen molar-refractivity contribution in [3.05, 3.63) is 66.0 Å². The second-order valence-corrected chi connectivity index (χ2v) is 8.20. The Bertz CT molecular complexity index is 929. The van der Waals surface area contributed by atoms with Crippen LogP contribution in [0.5, 0.6) is 0 Å². The normalized spacial score (nSPS) is 15.8. The molecule has 1 aromatic heterocycles. The largest absolute Gasteiger partial charge is 0.302 e. The molecule has 0 radical (unpaired) electrons. The predicted molar refractivity (Wildman–Crippen MR) is 120 cm³/mol. The number of rotatable bonds is 9. The number of benzene rings is 2. The average Bonchev–Trinajstić information content (AvgIpc) is 3.16. The first-order valence-corrected chi connectivity index (χ1v) is 11.3. The smallest absolute Gasteiger partial charge is 0.204 e. The maximum absolute atomic E-state index is 13.9. The van der Waals surface area contributed by atoms with E-state index in [0.29, 0.717) is 12.4 Å². The molecule has 0 saturated carbocycles. The van der Waals surface area contributed by atoms with E-state index in [-0.39, 0.29) is 5.82 Å². The lowest BCUT2D eigenvalue weighted by molar-refractivity contribution is 0.246. The van der Waals surface area contributed by atoms with Crippen LogP contribution < -0.4 is 0 Å². The van der Waals surface area contributed by atoms with Gasteiger partial charge in [-0.15, -0.1) is 10.2 Å². The Morgan fingerprint density at radius 3 is 2.39 bits per heavy atom. The van der Waals surface area contributed by atoms with Gasteiger partial charge in [0.2, 0.25) is 5.82 Å². The zero-order chi connectivity index (χ0) is 21.3. The second-order valence-electron chi connectivity index (χ2n) is 8.20. The van der Waals surface area contributed by atoms with Crippen molar-refractivity contribution in [1.82, 2.24) is 30.0 Å². The number of nitrogens with zero attached hydrogens (tertiary/aromatic N) is 6. The number of halogens is 1. The van der Waals surface area contributed by atoms with E-state index in [1.165, 1.54) is 6.42 Å². The lowest BCUT2D eigenvalue weighted by Gasteiger charge is -2.22. The highest BCUT2D eigenvalue weighted by atomic mass is 19.1. The SMILES string of the molecule is Fc1ccccc1CN1CCCN(CCCCCn2nnc(-c3ccccc3)n2)CC1. The highest BCUT2D eigenvalue weighted by molar-refractivity contribution is 5.52. The first kappa shape index (κ1) is 21.6. The van der Waals surface area contributed by atoms with Crippen LogP contribution in [0.2, 0.25) is 0 Å². The van der Waals surface area contributed by atoms with Gasteiger partial charge in [-0.05, 0) is 50.2 Å². The van der Waals surface area contributed by atoms with Crippen LogP contribution in [0.25, 0.3) is 11.4 Å². The van der Waals surface area contributed by atoms with E-state index < -0.39 is 0 Å². The minimum atomic E-state index is -0.0960. The van der Waals surface area contributed by atoms with Gasteiger partial charge < -0.3 is 4.90 Å². The Labute approximate surface area is 183 Å². The van der Waals surface area contributed by atoms with Crippen molar-refractivity contribution >= 4 is 0 Å². The maximum atomic E-state index is 13.9. The number of aryl methyl sites for hydroxylation is 1. The van der Waals surface area contributed by atoms with E-state index in [1.807, 2.05) is 42.5 Å². The lowest BCUT2D eigenvalue weighted by Crippen LogP contribution is -2.31. The predicted octanol–water partition coefficient (Wildman–Crippen LogP) is 3.86. The van der Waals surface area contributed by atoms with Crippen LogP contribution >= 0.6 is 0 Å². The molecule has 164 valence electrons. The number of aromatic nitrogens is 4. The first-order chi connectivity index (χ1) is 15.3. The van der Waals surface area contributed by atoms with Crippen LogP contribution in [0.3, 0.4) is 0 Å². The van der Waals surface area contributed by atoms with Crippen LogP contribution in [0.1, 0.15) is 31.2 Å². The first-order valence-electron chi connectivity index (χ1n) is 11.3. The molecule has 1 saturated heterocycles. The summed E-state index contributed by atoms with van der Waals surface area (Å²) >= 11 is 0. The molecule has 1 aliphatic heterocycles. The fraction of sp³-hybridized carbons (Fsp3) is 0.458. The quantitative estimate of drug-likeness (QED) is 0.490. The topological polar surface area (TPSA) is 50.1 Å². The summed E-state index contributed by atoms with van der Waals surface area (Å²) in [7, 11) is 0. The van der Waals surface area contributed by atoms with E-state index in [0.717, 1.165) is 69.7 Å². The third-order valence-electron chi connectivity index (χ3n) is 5.85. The van der Waals surface area contributed by atoms with Crippen LogP contribution in [0, 0.1) is 5.82 Å². The summed E-state index contributed by atoms with van der Waals surface area (Å²) in [5.74, 6) is 0.589. The molecule has 0 N–H and O–H groups in total. The molecule has 4 rings (SSSR count). The van der Waals surface area contributed by atoms with E-state index >= 15 is 0 Å². The van der Waals surface area contributed by atoms with Gasteiger partial charge in [0.1, 0.15) is 5.82 Å². The molecule has 1 fully saturated rings. The van der Waals surface area contributed by atoms with Gasteiger partial charge in [0.05, 0.1) is 6.54 Å². The molecule has 31 heavy (non-hydrogen) atoms. The molecule has 2 heterocycles. The van der Waals surface area contributed by atoms with Gasteiger partial charge >= 0.3 is 0 Å². The molecule has 0 bridgehead atoms. The average molecular weight is 423 g/mol. The molecule has 0 aliphatic carbocycles. The fourth-order valence-electron chi connectivity index (χ4n) is 4.08. The molecular weight excluding hydrogens is 391 g/mol. The number of hydrogen-bond acceptors (Lipinski definition) is 5. The van der Waals surface area contributed by atoms with Gasteiger partial charge in [0.25, 0.3) is 0 Å². The minimum absolute atomic E-state index is 0.0960. The molecule has 1 aliphatic rings. The van der Waals surface area contributed by atoms with Crippen molar-refractivity contribution < 1.29 is 4.39 Å². The summed E-state index contributed by atoms with van der Waals surface area (Å²) in [6.45, 7) is 6.84. The molecule has 3 aromatic rings. The van der Waals surface area contributed by atoms with Crippen LogP contribution in [-0.2, 0) is 13.1 Å². The molecule has 0 spiro atoms. The van der Waals surface area contributed by atoms with Crippen molar-refractivity contribution in [2.75, 3.05) is 32.7 Å². The van der Waals surface area contributed by atoms with Crippen LogP contribution in [0.4, 0.5) is 4.39 Å². The number of unbranched alkanes of at least 4 members (excludes halogenated alkanes) is 2. The summed E-state index contributed by atoms with van der Waals surface area (Å²) in [6.07, 6.45) is 4.52. The summed E-state index contributed by atoms with van der Waals surface area (Å²) in [5, 5.41) is 12.8. The molecule has 0 unspecified atom stereocenters. The van der Waals surface area contributed by atoms with Gasteiger partial charge in [-0.3, -0.25) is 4.90 Å². The van der Waals surface area contributed by atoms with E-state index in [4.69, 9.17) is 0 Å². The van der Waals surface area contributed by atoms with Crippen molar-refractivity contribution in [2.45, 2.75) is 38.8 Å². The fourth-order valence-corrected chi connectivity index (χ4v) is 4.08. The Kier molecular flexibility index (Phi) is 7.74. The van der Waals surface area contributed by atoms with Gasteiger partial charge in [0.15, 0.2) is 0 Å². The molecule has 6 nitrogen and oxygen atoms in total. The van der Waals surface area contributed by atoms with Gasteiger partial charge in [-0.25, -0.2) is 4.39 Å². The number of tetrazole rings is 1. The van der Waals surface area contributed by atoms with E-state index in [1.54, 1.807) is 16.9 Å². The van der Waals surface area contributed by atoms with Crippen LogP contribution in [-0.4, -0.2) is 62.7 Å². The summed E-state index contributed by atoms with van der Waals surface area (Å²) in [6, 6.07) is 17.1. The van der Waals surface area contributed by atoms with Crippen molar-refractivity contribution in [3.63, 3.8) is 0 Å². The molecule has 0 amide bonds. The van der Waals surface area contributed by atoms with Crippen molar-refractivity contribution in [2.24, 2.45) is 0 Å². The highest BCUT2D eigenvalue weighted by Gasteiger charge is 2.16. The van der Waals surface area contributed by atoms with Gasteiger partial charge in [0, 0.05) is 30.8 Å². The van der Waals surface area contributed by atoms with E-state index in [9.17, 15) is 4.39 Å². The van der Waals surface area contributed by atoms with Crippen LogP contribution in [0.15, 0.2) is 54.6 Å². The molecule has 2 aromatic carbocycles. The lowest BCUT2D eigenvalue weighted by atomic mass is 10.2. The molecule has 0 atom stereocenters. The number of hydrogen-bond donors (Lipinski definition) is 0. The minimum Gasteiger partial charge on any atom is -0.302 e. The zero-order valence-electron chi connectivity index (χ0n) is 18.0.